The summed E-state index contributed by atoms with van der Waals surface area (Å²) in [7, 11) is 3.22. The maximum absolute atomic E-state index is 12.5. The van der Waals surface area contributed by atoms with Gasteiger partial charge in [-0.3, -0.25) is 4.79 Å². The zero-order valence-electron chi connectivity index (χ0n) is 17.9. The number of fused-ring (bicyclic) bond motifs is 1. The van der Waals surface area contributed by atoms with Crippen LogP contribution in [0.25, 0.3) is 0 Å². The average Bonchev–Trinajstić information content (AvgIpc) is 2.94. The van der Waals surface area contributed by atoms with E-state index in [0.29, 0.717) is 25.3 Å². The van der Waals surface area contributed by atoms with E-state index in [-0.39, 0.29) is 24.6 Å². The maximum atomic E-state index is 12.5. The third-order valence-electron chi connectivity index (χ3n) is 5.57. The Morgan fingerprint density at radius 3 is 2.68 bits per heavy atom. The topological polar surface area (TPSA) is 83.5 Å². The van der Waals surface area contributed by atoms with Gasteiger partial charge in [0, 0.05) is 30.4 Å². The van der Waals surface area contributed by atoms with Crippen LogP contribution in [0.3, 0.4) is 0 Å². The molecule has 162 valence electrons. The highest BCUT2D eigenvalue weighted by molar-refractivity contribution is 6.14. The number of hydrogen-bond acceptors (Lipinski definition) is 5. The minimum atomic E-state index is -0.264. The van der Waals surface area contributed by atoms with Gasteiger partial charge in [0.2, 0.25) is 0 Å². The molecule has 0 aliphatic carbocycles. The molecule has 3 amide bonds. The van der Waals surface area contributed by atoms with E-state index in [9.17, 15) is 9.59 Å². The van der Waals surface area contributed by atoms with E-state index in [2.05, 4.69) is 5.32 Å². The van der Waals surface area contributed by atoms with Crippen LogP contribution in [-0.2, 0) is 16.0 Å². The quantitative estimate of drug-likeness (QED) is 0.823. The first-order valence-electron chi connectivity index (χ1n) is 10.3. The normalized spacial score (nSPS) is 18.7. The second-order valence-electron chi connectivity index (χ2n) is 7.57. The fourth-order valence-electron chi connectivity index (χ4n) is 3.91. The molecular weight excluding hydrogens is 396 g/mol. The number of benzene rings is 2. The van der Waals surface area contributed by atoms with Crippen molar-refractivity contribution in [1.82, 2.24) is 10.3 Å². The van der Waals surface area contributed by atoms with Crippen LogP contribution in [-0.4, -0.2) is 62.6 Å². The minimum absolute atomic E-state index is 0.0551. The number of amides is 3. The van der Waals surface area contributed by atoms with Crippen molar-refractivity contribution in [3.05, 3.63) is 59.2 Å². The second kappa shape index (κ2) is 8.77. The van der Waals surface area contributed by atoms with E-state index in [0.717, 1.165) is 28.1 Å². The molecular formula is C23H26N4O4. The molecule has 0 unspecified atom stereocenters. The number of urea groups is 1. The number of carbonyl (C=O) groups excluding carboxylic acids is 2. The first-order valence-corrected chi connectivity index (χ1v) is 10.3. The van der Waals surface area contributed by atoms with Gasteiger partial charge in [-0.15, -0.1) is 0 Å². The fourth-order valence-corrected chi connectivity index (χ4v) is 3.91. The number of morpholine rings is 1. The van der Waals surface area contributed by atoms with Crippen LogP contribution in [0.2, 0.25) is 0 Å². The van der Waals surface area contributed by atoms with Crippen LogP contribution in [0.1, 0.15) is 23.6 Å². The number of hydrazone groups is 1. The second-order valence-corrected chi connectivity index (χ2v) is 7.57. The number of carbonyl (C=O) groups is 2. The first-order chi connectivity index (χ1) is 15.0. The molecule has 2 aromatic rings. The number of methoxy groups -OCH3 is 1. The Labute approximate surface area is 181 Å². The van der Waals surface area contributed by atoms with Gasteiger partial charge in [0.05, 0.1) is 25.5 Å². The fraction of sp³-hybridized carbons (Fsp3) is 0.348. The van der Waals surface area contributed by atoms with Crippen LogP contribution in [0.15, 0.2) is 47.6 Å². The van der Waals surface area contributed by atoms with E-state index in [1.54, 1.807) is 19.1 Å². The standard InChI is InChI=1S/C23H26N4O4/c1-15-12-17-6-9-19(30-3)13-20(17)22(25-27(15)23(29)24-2)16-4-7-18(8-5-16)26-10-11-31-14-21(26)28/h4-9,13,15H,10-12,14H2,1-3H3,(H,24,29)/t15-/m0/s1. The maximum Gasteiger partial charge on any atom is 0.337 e. The molecule has 8 nitrogen and oxygen atoms in total. The molecule has 2 aliphatic rings. The molecule has 0 aromatic heterocycles. The summed E-state index contributed by atoms with van der Waals surface area (Å²) >= 11 is 0. The average molecular weight is 422 g/mol. The van der Waals surface area contributed by atoms with Crippen molar-refractivity contribution in [3.8, 4) is 5.75 Å². The van der Waals surface area contributed by atoms with E-state index >= 15 is 0 Å². The molecule has 1 fully saturated rings. The number of nitrogens with one attached hydrogen (secondary N) is 1. The van der Waals surface area contributed by atoms with Gasteiger partial charge in [0.1, 0.15) is 12.4 Å². The number of nitrogens with zero attached hydrogens (tertiary/aromatic N) is 3. The highest BCUT2D eigenvalue weighted by Crippen LogP contribution is 2.28. The Hall–Kier alpha value is -3.39. The van der Waals surface area contributed by atoms with E-state index in [1.165, 1.54) is 5.01 Å². The van der Waals surface area contributed by atoms with Gasteiger partial charge in [-0.2, -0.15) is 5.10 Å². The molecule has 0 bridgehead atoms. The van der Waals surface area contributed by atoms with Crippen molar-refractivity contribution in [2.24, 2.45) is 5.10 Å². The Bertz CT molecular complexity index is 1020. The highest BCUT2D eigenvalue weighted by atomic mass is 16.5. The van der Waals surface area contributed by atoms with Crippen LogP contribution in [0, 0.1) is 0 Å². The lowest BCUT2D eigenvalue weighted by atomic mass is 9.94. The molecule has 1 saturated heterocycles. The smallest absolute Gasteiger partial charge is 0.337 e. The van der Waals surface area contributed by atoms with E-state index in [1.807, 2.05) is 49.4 Å². The van der Waals surface area contributed by atoms with Crippen LogP contribution in [0.4, 0.5) is 10.5 Å². The van der Waals surface area contributed by atoms with Crippen molar-refractivity contribution in [2.45, 2.75) is 19.4 Å². The van der Waals surface area contributed by atoms with Crippen LogP contribution < -0.4 is 15.0 Å². The lowest BCUT2D eigenvalue weighted by Crippen LogP contribution is -2.41. The summed E-state index contributed by atoms with van der Waals surface area (Å²) in [6.45, 7) is 3.12. The summed E-state index contributed by atoms with van der Waals surface area (Å²) in [5.41, 5.74) is 4.36. The molecule has 31 heavy (non-hydrogen) atoms. The first kappa shape index (κ1) is 20.9. The molecule has 0 saturated carbocycles. The van der Waals surface area contributed by atoms with Gasteiger partial charge >= 0.3 is 6.03 Å². The van der Waals surface area contributed by atoms with Gasteiger partial charge in [-0.1, -0.05) is 18.2 Å². The molecule has 0 spiro atoms. The van der Waals surface area contributed by atoms with Crippen LogP contribution >= 0.6 is 0 Å². The van der Waals surface area contributed by atoms with Crippen molar-refractivity contribution in [1.29, 1.82) is 0 Å². The molecule has 8 heteroatoms. The Morgan fingerprint density at radius 2 is 2.00 bits per heavy atom. The summed E-state index contributed by atoms with van der Waals surface area (Å²) in [6.07, 6.45) is 0.667. The SMILES string of the molecule is CNC(=O)N1N=C(c2ccc(N3CCOCC3=O)cc2)c2cc(OC)ccc2C[C@@H]1C. The minimum Gasteiger partial charge on any atom is -0.497 e. The molecule has 4 rings (SSSR count). The Balaban J connectivity index is 1.78. The molecule has 2 heterocycles. The Kier molecular flexibility index (Phi) is 5.90. The van der Waals surface area contributed by atoms with Crippen molar-refractivity contribution >= 4 is 23.3 Å². The van der Waals surface area contributed by atoms with Crippen LogP contribution in [0.5, 0.6) is 5.75 Å². The van der Waals surface area contributed by atoms with E-state index in [4.69, 9.17) is 14.6 Å². The van der Waals surface area contributed by atoms with Gasteiger partial charge in [-0.05, 0) is 43.2 Å². The number of hydrogen-bond donors (Lipinski definition) is 1. The highest BCUT2D eigenvalue weighted by Gasteiger charge is 2.27. The summed E-state index contributed by atoms with van der Waals surface area (Å²) in [5, 5.41) is 8.91. The van der Waals surface area contributed by atoms with Crippen molar-refractivity contribution < 1.29 is 19.1 Å². The van der Waals surface area contributed by atoms with E-state index < -0.39 is 0 Å². The molecule has 1 N–H and O–H groups in total. The predicted octanol–water partition coefficient (Wildman–Crippen LogP) is 2.40. The van der Waals surface area contributed by atoms with Crippen molar-refractivity contribution in [3.63, 3.8) is 0 Å². The zero-order chi connectivity index (χ0) is 22.0. The van der Waals surface area contributed by atoms with Gasteiger partial charge in [0.15, 0.2) is 0 Å². The molecule has 2 aliphatic heterocycles. The third-order valence-corrected chi connectivity index (χ3v) is 5.57. The monoisotopic (exact) mass is 422 g/mol. The summed E-state index contributed by atoms with van der Waals surface area (Å²) in [5.74, 6) is 0.670. The summed E-state index contributed by atoms with van der Waals surface area (Å²) in [6, 6.07) is 13.2. The van der Waals surface area contributed by atoms with Gasteiger partial charge in [-0.25, -0.2) is 9.80 Å². The Morgan fingerprint density at radius 1 is 1.23 bits per heavy atom. The van der Waals surface area contributed by atoms with Crippen molar-refractivity contribution in [2.75, 3.05) is 38.8 Å². The molecule has 0 radical (unpaired) electrons. The molecule has 1 atom stereocenters. The van der Waals surface area contributed by atoms with Gasteiger partial charge in [0.25, 0.3) is 5.91 Å². The molecule has 2 aromatic carbocycles. The lowest BCUT2D eigenvalue weighted by molar-refractivity contribution is -0.125. The van der Waals surface area contributed by atoms with Gasteiger partial charge < -0.3 is 19.7 Å². The summed E-state index contributed by atoms with van der Waals surface area (Å²) in [4.78, 5) is 26.4. The summed E-state index contributed by atoms with van der Waals surface area (Å²) < 4.78 is 10.7. The zero-order valence-corrected chi connectivity index (χ0v) is 17.9. The number of rotatable bonds is 3. The number of ether oxygens (including phenoxy) is 2. The third kappa shape index (κ3) is 4.11. The number of anilines is 1. The lowest BCUT2D eigenvalue weighted by Gasteiger charge is -2.27. The largest absolute Gasteiger partial charge is 0.497 e. The predicted molar refractivity (Wildman–Crippen MR) is 118 cm³/mol.